The van der Waals surface area contributed by atoms with E-state index in [0.29, 0.717) is 21.5 Å². The Kier molecular flexibility index (Phi) is 7.82. The summed E-state index contributed by atoms with van der Waals surface area (Å²) in [5.41, 5.74) is 2.72. The van der Waals surface area contributed by atoms with Crippen molar-refractivity contribution in [3.8, 4) is 0 Å². The number of carbonyl (C=O) groups excluding carboxylic acids is 2. The van der Waals surface area contributed by atoms with Crippen LogP contribution in [0.4, 0.5) is 5.69 Å². The Morgan fingerprint density at radius 3 is 2.46 bits per heavy atom. The molecule has 0 aliphatic carbocycles. The second-order valence-corrected chi connectivity index (χ2v) is 7.53. The highest BCUT2D eigenvalue weighted by atomic mass is 35.5. The standard InChI is InChI=1S/C19H19Cl2NO3S/c1-12-3-6-15(7-4-12)22-19(24)13(2)25-18(23)11-26-10-14-5-8-16(20)17(21)9-14/h3-9,13H,10-11H2,1-2H3,(H,22,24)/t13-/m0/s1. The molecule has 1 atom stereocenters. The van der Waals surface area contributed by atoms with E-state index in [1.54, 1.807) is 31.2 Å². The van der Waals surface area contributed by atoms with Crippen LogP contribution in [0.2, 0.25) is 10.0 Å². The van der Waals surface area contributed by atoms with Crippen molar-refractivity contribution in [2.45, 2.75) is 25.7 Å². The maximum Gasteiger partial charge on any atom is 0.316 e. The smallest absolute Gasteiger partial charge is 0.316 e. The summed E-state index contributed by atoms with van der Waals surface area (Å²) in [6.07, 6.45) is -0.866. The van der Waals surface area contributed by atoms with Gasteiger partial charge in [0.2, 0.25) is 0 Å². The lowest BCUT2D eigenvalue weighted by Crippen LogP contribution is -2.30. The Morgan fingerprint density at radius 1 is 1.12 bits per heavy atom. The zero-order valence-electron chi connectivity index (χ0n) is 14.4. The molecule has 0 bridgehead atoms. The van der Waals surface area contributed by atoms with E-state index in [-0.39, 0.29) is 11.7 Å². The normalized spacial score (nSPS) is 11.7. The Morgan fingerprint density at radius 2 is 1.81 bits per heavy atom. The van der Waals surface area contributed by atoms with Crippen LogP contribution in [-0.4, -0.2) is 23.7 Å². The summed E-state index contributed by atoms with van der Waals surface area (Å²) in [6.45, 7) is 3.51. The fourth-order valence-corrected chi connectivity index (χ4v) is 3.12. The number of hydrogen-bond acceptors (Lipinski definition) is 4. The minimum atomic E-state index is -0.866. The molecular weight excluding hydrogens is 393 g/mol. The molecule has 0 saturated heterocycles. The van der Waals surface area contributed by atoms with Gasteiger partial charge in [-0.2, -0.15) is 0 Å². The van der Waals surface area contributed by atoms with E-state index in [4.69, 9.17) is 27.9 Å². The lowest BCUT2D eigenvalue weighted by Gasteiger charge is -2.13. The van der Waals surface area contributed by atoms with Gasteiger partial charge in [0.05, 0.1) is 15.8 Å². The number of nitrogens with one attached hydrogen (secondary N) is 1. The summed E-state index contributed by atoms with van der Waals surface area (Å²) in [5, 5.41) is 3.69. The first-order valence-electron chi connectivity index (χ1n) is 7.94. The van der Waals surface area contributed by atoms with Gasteiger partial charge in [0.15, 0.2) is 6.10 Å². The van der Waals surface area contributed by atoms with Crippen molar-refractivity contribution in [3.05, 3.63) is 63.6 Å². The van der Waals surface area contributed by atoms with Crippen LogP contribution in [0.3, 0.4) is 0 Å². The van der Waals surface area contributed by atoms with Gasteiger partial charge in [0.25, 0.3) is 5.91 Å². The number of anilines is 1. The molecule has 7 heteroatoms. The molecule has 0 spiro atoms. The van der Waals surface area contributed by atoms with E-state index in [9.17, 15) is 9.59 Å². The zero-order chi connectivity index (χ0) is 19.1. The van der Waals surface area contributed by atoms with Gasteiger partial charge >= 0.3 is 5.97 Å². The molecule has 26 heavy (non-hydrogen) atoms. The topological polar surface area (TPSA) is 55.4 Å². The number of amides is 1. The number of esters is 1. The van der Waals surface area contributed by atoms with Crippen LogP contribution in [-0.2, 0) is 20.1 Å². The molecule has 2 aromatic carbocycles. The molecule has 0 fully saturated rings. The maximum absolute atomic E-state index is 12.1. The molecule has 0 radical (unpaired) electrons. The minimum absolute atomic E-state index is 0.141. The van der Waals surface area contributed by atoms with Crippen LogP contribution in [0.5, 0.6) is 0 Å². The number of aryl methyl sites for hydroxylation is 1. The molecule has 0 unspecified atom stereocenters. The SMILES string of the molecule is Cc1ccc(NC(=O)[C@H](C)OC(=O)CSCc2ccc(Cl)c(Cl)c2)cc1. The summed E-state index contributed by atoms with van der Waals surface area (Å²) >= 11 is 13.2. The van der Waals surface area contributed by atoms with Crippen molar-refractivity contribution in [3.63, 3.8) is 0 Å². The first kappa shape index (κ1) is 20.6. The summed E-state index contributed by atoms with van der Waals surface area (Å²) < 4.78 is 5.17. The molecule has 2 rings (SSSR count). The highest BCUT2D eigenvalue weighted by molar-refractivity contribution is 7.99. The van der Waals surface area contributed by atoms with Gasteiger partial charge in [-0.25, -0.2) is 0 Å². The van der Waals surface area contributed by atoms with Gasteiger partial charge in [-0.05, 0) is 43.7 Å². The fourth-order valence-electron chi connectivity index (χ4n) is 2.05. The molecule has 0 saturated carbocycles. The van der Waals surface area contributed by atoms with Crippen molar-refractivity contribution >= 4 is 52.5 Å². The molecule has 1 amide bonds. The maximum atomic E-state index is 12.1. The summed E-state index contributed by atoms with van der Waals surface area (Å²) in [5.74, 6) is -0.0727. The van der Waals surface area contributed by atoms with Crippen molar-refractivity contribution in [1.82, 2.24) is 0 Å². The largest absolute Gasteiger partial charge is 0.452 e. The average molecular weight is 412 g/mol. The second-order valence-electron chi connectivity index (χ2n) is 5.73. The van der Waals surface area contributed by atoms with E-state index in [2.05, 4.69) is 5.32 Å². The second kappa shape index (κ2) is 9.86. The van der Waals surface area contributed by atoms with E-state index in [0.717, 1.165) is 11.1 Å². The lowest BCUT2D eigenvalue weighted by atomic mass is 10.2. The average Bonchev–Trinajstić information content (AvgIpc) is 2.60. The zero-order valence-corrected chi connectivity index (χ0v) is 16.8. The van der Waals surface area contributed by atoms with Crippen molar-refractivity contribution in [2.75, 3.05) is 11.1 Å². The molecule has 0 aliphatic heterocycles. The quantitative estimate of drug-likeness (QED) is 0.643. The number of thioether (sulfide) groups is 1. The van der Waals surface area contributed by atoms with Crippen LogP contribution in [0.1, 0.15) is 18.1 Å². The summed E-state index contributed by atoms with van der Waals surface area (Å²) in [4.78, 5) is 24.0. The molecule has 1 N–H and O–H groups in total. The summed E-state index contributed by atoms with van der Waals surface area (Å²) in [7, 11) is 0. The number of hydrogen-bond donors (Lipinski definition) is 1. The van der Waals surface area contributed by atoms with Crippen LogP contribution in [0, 0.1) is 6.92 Å². The number of halogens is 2. The van der Waals surface area contributed by atoms with Crippen LogP contribution >= 0.6 is 35.0 Å². The van der Waals surface area contributed by atoms with Gasteiger partial charge in [-0.15, -0.1) is 11.8 Å². The first-order chi connectivity index (χ1) is 12.3. The predicted octanol–water partition coefficient (Wildman–Crippen LogP) is 5.11. The van der Waals surface area contributed by atoms with Crippen molar-refractivity contribution in [2.24, 2.45) is 0 Å². The third-order valence-corrected chi connectivity index (χ3v) is 5.19. The third kappa shape index (κ3) is 6.56. The van der Waals surface area contributed by atoms with Gasteiger partial charge in [-0.3, -0.25) is 9.59 Å². The molecule has 0 aliphatic rings. The van der Waals surface area contributed by atoms with Crippen LogP contribution in [0.15, 0.2) is 42.5 Å². The first-order valence-corrected chi connectivity index (χ1v) is 9.85. The predicted molar refractivity (Wildman–Crippen MR) is 108 cm³/mol. The monoisotopic (exact) mass is 411 g/mol. The molecule has 138 valence electrons. The number of ether oxygens (including phenoxy) is 1. The molecular formula is C19H19Cl2NO3S. The summed E-state index contributed by atoms with van der Waals surface area (Å²) in [6, 6.07) is 12.7. The van der Waals surface area contributed by atoms with Gasteiger partial charge in [-0.1, -0.05) is 47.0 Å². The van der Waals surface area contributed by atoms with E-state index >= 15 is 0 Å². The molecule has 0 aromatic heterocycles. The van der Waals surface area contributed by atoms with Crippen molar-refractivity contribution < 1.29 is 14.3 Å². The van der Waals surface area contributed by atoms with E-state index in [1.165, 1.54) is 11.8 Å². The molecule has 4 nitrogen and oxygen atoms in total. The molecule has 0 heterocycles. The van der Waals surface area contributed by atoms with E-state index in [1.807, 2.05) is 25.1 Å². The number of benzene rings is 2. The van der Waals surface area contributed by atoms with Crippen LogP contribution in [0.25, 0.3) is 0 Å². The van der Waals surface area contributed by atoms with Gasteiger partial charge in [0.1, 0.15) is 0 Å². The minimum Gasteiger partial charge on any atom is -0.452 e. The highest BCUT2D eigenvalue weighted by Gasteiger charge is 2.18. The van der Waals surface area contributed by atoms with Crippen molar-refractivity contribution in [1.29, 1.82) is 0 Å². The van der Waals surface area contributed by atoms with Gasteiger partial charge in [0, 0.05) is 11.4 Å². The van der Waals surface area contributed by atoms with Crippen LogP contribution < -0.4 is 5.32 Å². The highest BCUT2D eigenvalue weighted by Crippen LogP contribution is 2.24. The third-order valence-electron chi connectivity index (χ3n) is 3.47. The molecule has 2 aromatic rings. The number of carbonyl (C=O) groups is 2. The van der Waals surface area contributed by atoms with E-state index < -0.39 is 12.1 Å². The Balaban J connectivity index is 1.74. The Labute approximate surface area is 167 Å². The Hall–Kier alpha value is -1.69. The lowest BCUT2D eigenvalue weighted by molar-refractivity contribution is -0.150. The Bertz CT molecular complexity index is 781. The number of rotatable bonds is 7. The fraction of sp³-hybridized carbons (Fsp3) is 0.263. The van der Waals surface area contributed by atoms with Gasteiger partial charge < -0.3 is 10.1 Å².